The predicted octanol–water partition coefficient (Wildman–Crippen LogP) is 5.48. The SMILES string of the molecule is COc1cccc(/C=C2\SC(=O)N(CC(=O)N3CCCCC3)C2=O)c1OCc1cccc2ccccc12. The number of amides is 3. The Bertz CT molecular complexity index is 1370. The smallest absolute Gasteiger partial charge is 0.294 e. The zero-order chi connectivity index (χ0) is 25.8. The highest BCUT2D eigenvalue weighted by Gasteiger charge is 2.37. The monoisotopic (exact) mass is 516 g/mol. The van der Waals surface area contributed by atoms with Gasteiger partial charge in [0.05, 0.1) is 12.0 Å². The van der Waals surface area contributed by atoms with E-state index >= 15 is 0 Å². The van der Waals surface area contributed by atoms with Gasteiger partial charge in [-0.25, -0.2) is 0 Å². The number of carbonyl (C=O) groups is 3. The number of methoxy groups -OCH3 is 1. The van der Waals surface area contributed by atoms with E-state index in [0.29, 0.717) is 36.8 Å². The minimum absolute atomic E-state index is 0.191. The number of benzene rings is 3. The first-order valence-corrected chi connectivity index (χ1v) is 13.2. The molecule has 37 heavy (non-hydrogen) atoms. The fourth-order valence-electron chi connectivity index (χ4n) is 4.69. The van der Waals surface area contributed by atoms with Crippen LogP contribution in [-0.4, -0.2) is 53.6 Å². The topological polar surface area (TPSA) is 76.2 Å². The Morgan fingerprint density at radius 3 is 2.54 bits per heavy atom. The molecule has 0 spiro atoms. The first-order valence-electron chi connectivity index (χ1n) is 12.3. The second-order valence-electron chi connectivity index (χ2n) is 9.01. The second kappa shape index (κ2) is 11.1. The van der Waals surface area contributed by atoms with Crippen LogP contribution in [-0.2, 0) is 16.2 Å². The lowest BCUT2D eigenvalue weighted by molar-refractivity contribution is -0.136. The van der Waals surface area contributed by atoms with E-state index in [1.807, 2.05) is 30.3 Å². The number of carbonyl (C=O) groups excluding carboxylic acids is 3. The number of hydrogen-bond acceptors (Lipinski definition) is 6. The maximum atomic E-state index is 13.1. The molecule has 0 atom stereocenters. The van der Waals surface area contributed by atoms with Crippen LogP contribution >= 0.6 is 11.8 Å². The summed E-state index contributed by atoms with van der Waals surface area (Å²) in [7, 11) is 1.56. The largest absolute Gasteiger partial charge is 0.493 e. The van der Waals surface area contributed by atoms with Gasteiger partial charge >= 0.3 is 0 Å². The van der Waals surface area contributed by atoms with E-state index in [2.05, 4.69) is 18.2 Å². The second-order valence-corrected chi connectivity index (χ2v) is 10.0. The minimum atomic E-state index is -0.469. The van der Waals surface area contributed by atoms with Gasteiger partial charge in [0.1, 0.15) is 13.2 Å². The lowest BCUT2D eigenvalue weighted by Crippen LogP contribution is -2.44. The average Bonchev–Trinajstić information content (AvgIpc) is 3.19. The van der Waals surface area contributed by atoms with Crippen LogP contribution in [0.1, 0.15) is 30.4 Å². The Morgan fingerprint density at radius 2 is 1.73 bits per heavy atom. The molecule has 190 valence electrons. The number of rotatable bonds is 7. The first kappa shape index (κ1) is 24.9. The van der Waals surface area contributed by atoms with Crippen LogP contribution in [0.3, 0.4) is 0 Å². The Labute approximate surface area is 220 Å². The molecule has 7 nitrogen and oxygen atoms in total. The molecule has 3 aromatic carbocycles. The van der Waals surface area contributed by atoms with Gasteiger partial charge < -0.3 is 14.4 Å². The molecule has 0 aliphatic carbocycles. The molecule has 2 heterocycles. The standard InChI is InChI=1S/C29H28N2O5S/c1-35-24-14-8-11-21(27(24)36-19-22-12-7-10-20-9-3-4-13-23(20)22)17-25-28(33)31(29(34)37-25)18-26(32)30-15-5-2-6-16-30/h3-4,7-14,17H,2,5-6,15-16,18-19H2,1H3/b25-17-. The summed E-state index contributed by atoms with van der Waals surface area (Å²) in [6.07, 6.45) is 4.63. The van der Waals surface area contributed by atoms with E-state index in [9.17, 15) is 14.4 Å². The van der Waals surface area contributed by atoms with E-state index in [-0.39, 0.29) is 17.4 Å². The molecule has 2 saturated heterocycles. The van der Waals surface area contributed by atoms with Crippen LogP contribution in [0.15, 0.2) is 65.6 Å². The molecule has 0 unspecified atom stereocenters. The number of piperidine rings is 1. The zero-order valence-corrected chi connectivity index (χ0v) is 21.5. The molecular weight excluding hydrogens is 488 g/mol. The highest BCUT2D eigenvalue weighted by Crippen LogP contribution is 2.38. The number of imide groups is 1. The van der Waals surface area contributed by atoms with Crippen molar-refractivity contribution in [3.8, 4) is 11.5 Å². The van der Waals surface area contributed by atoms with Crippen molar-refractivity contribution in [2.24, 2.45) is 0 Å². The van der Waals surface area contributed by atoms with Crippen LogP contribution in [0.25, 0.3) is 16.8 Å². The Balaban J connectivity index is 1.37. The molecule has 3 amide bonds. The Kier molecular flexibility index (Phi) is 7.46. The molecule has 0 aromatic heterocycles. The third kappa shape index (κ3) is 5.34. The number of thioether (sulfide) groups is 1. The number of likely N-dealkylation sites (tertiary alicyclic amines) is 1. The van der Waals surface area contributed by atoms with Crippen LogP contribution in [0.4, 0.5) is 4.79 Å². The summed E-state index contributed by atoms with van der Waals surface area (Å²) in [5.74, 6) is 0.342. The molecule has 8 heteroatoms. The van der Waals surface area contributed by atoms with Crippen LogP contribution in [0, 0.1) is 0 Å². The fraction of sp³-hybridized carbons (Fsp3) is 0.276. The molecule has 3 aromatic rings. The molecule has 5 rings (SSSR count). The molecular formula is C29H28N2O5S. The van der Waals surface area contributed by atoms with Crippen molar-refractivity contribution in [2.75, 3.05) is 26.7 Å². The number of para-hydroxylation sites is 1. The zero-order valence-electron chi connectivity index (χ0n) is 20.6. The minimum Gasteiger partial charge on any atom is -0.493 e. The molecule has 2 fully saturated rings. The van der Waals surface area contributed by atoms with Crippen LogP contribution < -0.4 is 9.47 Å². The van der Waals surface area contributed by atoms with E-state index in [1.165, 1.54) is 0 Å². The molecule has 0 N–H and O–H groups in total. The normalized spacial score (nSPS) is 17.1. The molecule has 2 aliphatic rings. The van der Waals surface area contributed by atoms with Gasteiger partial charge in [0.25, 0.3) is 11.1 Å². The van der Waals surface area contributed by atoms with E-state index in [0.717, 1.165) is 52.3 Å². The van der Waals surface area contributed by atoms with Gasteiger partial charge in [-0.05, 0) is 59.5 Å². The van der Waals surface area contributed by atoms with Gasteiger partial charge in [-0.3, -0.25) is 19.3 Å². The predicted molar refractivity (Wildman–Crippen MR) is 144 cm³/mol. The Morgan fingerprint density at radius 1 is 0.973 bits per heavy atom. The third-order valence-electron chi connectivity index (χ3n) is 6.64. The summed E-state index contributed by atoms with van der Waals surface area (Å²) in [4.78, 5) is 41.4. The third-order valence-corrected chi connectivity index (χ3v) is 7.55. The highest BCUT2D eigenvalue weighted by atomic mass is 32.2. The highest BCUT2D eigenvalue weighted by molar-refractivity contribution is 8.18. The van der Waals surface area contributed by atoms with E-state index in [4.69, 9.17) is 9.47 Å². The lowest BCUT2D eigenvalue weighted by atomic mass is 10.1. The van der Waals surface area contributed by atoms with Crippen molar-refractivity contribution in [1.82, 2.24) is 9.80 Å². The van der Waals surface area contributed by atoms with E-state index < -0.39 is 11.1 Å². The van der Waals surface area contributed by atoms with Gasteiger partial charge in [0.15, 0.2) is 11.5 Å². The van der Waals surface area contributed by atoms with Gasteiger partial charge in [0.2, 0.25) is 5.91 Å². The van der Waals surface area contributed by atoms with Crippen molar-refractivity contribution in [3.63, 3.8) is 0 Å². The molecule has 2 aliphatic heterocycles. The number of hydrogen-bond donors (Lipinski definition) is 0. The van der Waals surface area contributed by atoms with Gasteiger partial charge in [-0.1, -0.05) is 54.6 Å². The summed E-state index contributed by atoms with van der Waals surface area (Å²) in [6.45, 7) is 1.41. The number of nitrogens with zero attached hydrogens (tertiary/aromatic N) is 2. The maximum absolute atomic E-state index is 13.1. The summed E-state index contributed by atoms with van der Waals surface area (Å²) < 4.78 is 11.8. The summed E-state index contributed by atoms with van der Waals surface area (Å²) in [5.41, 5.74) is 1.64. The number of fused-ring (bicyclic) bond motifs is 1. The fourth-order valence-corrected chi connectivity index (χ4v) is 5.52. The lowest BCUT2D eigenvalue weighted by Gasteiger charge is -2.27. The molecule has 0 bridgehead atoms. The first-order chi connectivity index (χ1) is 18.0. The summed E-state index contributed by atoms with van der Waals surface area (Å²) >= 11 is 0.835. The van der Waals surface area contributed by atoms with Gasteiger partial charge in [-0.15, -0.1) is 0 Å². The Hall–Kier alpha value is -3.78. The van der Waals surface area contributed by atoms with Gasteiger partial charge in [-0.2, -0.15) is 0 Å². The summed E-state index contributed by atoms with van der Waals surface area (Å²) in [5, 5.41) is 1.78. The van der Waals surface area contributed by atoms with Crippen LogP contribution in [0.5, 0.6) is 11.5 Å². The van der Waals surface area contributed by atoms with Crippen molar-refractivity contribution in [1.29, 1.82) is 0 Å². The van der Waals surface area contributed by atoms with Crippen molar-refractivity contribution in [2.45, 2.75) is 25.9 Å². The average molecular weight is 517 g/mol. The summed E-state index contributed by atoms with van der Waals surface area (Å²) in [6, 6.07) is 19.6. The molecule has 0 saturated carbocycles. The maximum Gasteiger partial charge on any atom is 0.294 e. The van der Waals surface area contributed by atoms with Crippen molar-refractivity contribution in [3.05, 3.63) is 76.7 Å². The molecule has 0 radical (unpaired) electrons. The van der Waals surface area contributed by atoms with Crippen LogP contribution in [0.2, 0.25) is 0 Å². The van der Waals surface area contributed by atoms with Crippen molar-refractivity contribution >= 4 is 45.7 Å². The van der Waals surface area contributed by atoms with Crippen molar-refractivity contribution < 1.29 is 23.9 Å². The number of ether oxygens (including phenoxy) is 2. The quantitative estimate of drug-likeness (QED) is 0.387. The van der Waals surface area contributed by atoms with Gasteiger partial charge in [0, 0.05) is 18.7 Å². The van der Waals surface area contributed by atoms with E-state index in [1.54, 1.807) is 30.2 Å².